The number of aryl methyl sites for hydroxylation is 2. The number of anilines is 1. The lowest BCUT2D eigenvalue weighted by Gasteiger charge is -2.00. The van der Waals surface area contributed by atoms with Gasteiger partial charge in [-0.3, -0.25) is 0 Å². The summed E-state index contributed by atoms with van der Waals surface area (Å²) in [6.07, 6.45) is 0. The fraction of sp³-hybridized carbons (Fsp3) is 0.250. The van der Waals surface area contributed by atoms with Crippen LogP contribution in [0.15, 0.2) is 17.0 Å². The highest BCUT2D eigenvalue weighted by Gasteiger charge is 2.21. The van der Waals surface area contributed by atoms with E-state index in [2.05, 4.69) is 5.48 Å². The van der Waals surface area contributed by atoms with Gasteiger partial charge in [0.25, 0.3) is 0 Å². The van der Waals surface area contributed by atoms with E-state index < -0.39 is 11.1 Å². The summed E-state index contributed by atoms with van der Waals surface area (Å²) in [5.41, 5.74) is 5.60. The van der Waals surface area contributed by atoms with E-state index in [9.17, 15) is 4.21 Å². The Bertz CT molecular complexity index is 362. The van der Waals surface area contributed by atoms with E-state index in [1.807, 2.05) is 26.0 Å². The summed E-state index contributed by atoms with van der Waals surface area (Å²) >= 11 is -1.33. The molecule has 1 atom stereocenters. The highest BCUT2D eigenvalue weighted by atomic mass is 32.2. The lowest BCUT2D eigenvalue weighted by molar-refractivity contribution is 0.452. The number of benzene rings is 1. The molecule has 0 fully saturated rings. The molecule has 1 aromatic rings. The summed E-state index contributed by atoms with van der Waals surface area (Å²) in [7, 11) is 0. The van der Waals surface area contributed by atoms with Gasteiger partial charge in [0, 0.05) is 0 Å². The van der Waals surface area contributed by atoms with E-state index in [1.165, 1.54) is 0 Å². The molecule has 0 aliphatic carbocycles. The number of fused-ring (bicyclic) bond motifs is 1. The molecular weight excluding hydrogens is 174 g/mol. The Labute approximate surface area is 73.4 Å². The van der Waals surface area contributed by atoms with Crippen LogP contribution in [0, 0.1) is 13.8 Å². The number of nitrogens with one attached hydrogen (secondary N) is 1. The summed E-state index contributed by atoms with van der Waals surface area (Å²) < 4.78 is 16.0. The zero-order valence-electron chi connectivity index (χ0n) is 6.88. The zero-order chi connectivity index (χ0) is 8.72. The van der Waals surface area contributed by atoms with Gasteiger partial charge in [-0.25, -0.2) is 9.69 Å². The van der Waals surface area contributed by atoms with Crippen LogP contribution in [0.4, 0.5) is 5.69 Å². The molecule has 1 aromatic carbocycles. The molecule has 1 unspecified atom stereocenters. The van der Waals surface area contributed by atoms with Gasteiger partial charge in [0.1, 0.15) is 0 Å². The van der Waals surface area contributed by atoms with E-state index in [0.717, 1.165) is 21.7 Å². The molecule has 2 rings (SSSR count). The van der Waals surface area contributed by atoms with Gasteiger partial charge in [-0.15, -0.1) is 0 Å². The third kappa shape index (κ3) is 1.04. The topological polar surface area (TPSA) is 38.3 Å². The van der Waals surface area contributed by atoms with E-state index in [-0.39, 0.29) is 0 Å². The average molecular weight is 183 g/mol. The highest BCUT2D eigenvalue weighted by molar-refractivity contribution is 7.80. The van der Waals surface area contributed by atoms with E-state index >= 15 is 0 Å². The first kappa shape index (κ1) is 7.76. The van der Waals surface area contributed by atoms with Crippen LogP contribution in [0.5, 0.6) is 0 Å². The summed E-state index contributed by atoms with van der Waals surface area (Å²) in [6.45, 7) is 3.93. The van der Waals surface area contributed by atoms with Crippen LogP contribution < -0.4 is 5.48 Å². The van der Waals surface area contributed by atoms with Crippen LogP contribution >= 0.6 is 0 Å². The molecule has 0 saturated carbocycles. The third-order valence-corrected chi connectivity index (χ3v) is 2.92. The molecule has 1 N–H and O–H groups in total. The molecule has 0 amide bonds. The summed E-state index contributed by atoms with van der Waals surface area (Å²) in [5, 5.41) is 0. The summed E-state index contributed by atoms with van der Waals surface area (Å²) in [6, 6.07) is 3.92. The molecular formula is C8H9NO2S. The third-order valence-electron chi connectivity index (χ3n) is 1.81. The summed E-state index contributed by atoms with van der Waals surface area (Å²) in [4.78, 5) is 0.764. The van der Waals surface area contributed by atoms with Gasteiger partial charge >= 0.3 is 0 Å². The average Bonchev–Trinajstić information content (AvgIpc) is 2.31. The lowest BCUT2D eigenvalue weighted by atomic mass is 10.1. The van der Waals surface area contributed by atoms with Gasteiger partial charge in [0.2, 0.25) is 11.1 Å². The minimum absolute atomic E-state index is 0.764. The van der Waals surface area contributed by atoms with Gasteiger partial charge in [0.15, 0.2) is 0 Å². The Hall–Kier alpha value is -0.870. The van der Waals surface area contributed by atoms with Crippen molar-refractivity contribution in [2.75, 3.05) is 5.48 Å². The van der Waals surface area contributed by atoms with Gasteiger partial charge < -0.3 is 0 Å². The molecule has 0 aromatic heterocycles. The standard InChI is InChI=1S/C8H9NO2S/c1-5-3-6(2)8-7(4-5)9-11-12(8)10/h3-4,9H,1-2H3. The SMILES string of the molecule is Cc1cc(C)c2c(c1)NOS2=O. The maximum absolute atomic E-state index is 11.2. The Morgan fingerprint density at radius 2 is 2.17 bits per heavy atom. The van der Waals surface area contributed by atoms with E-state index in [0.29, 0.717) is 0 Å². The highest BCUT2D eigenvalue weighted by Crippen LogP contribution is 2.30. The van der Waals surface area contributed by atoms with Gasteiger partial charge in [-0.05, 0) is 31.0 Å². The Balaban J connectivity index is 2.68. The molecule has 1 aliphatic heterocycles. The minimum atomic E-state index is -1.33. The second-order valence-corrected chi connectivity index (χ2v) is 3.92. The molecule has 12 heavy (non-hydrogen) atoms. The van der Waals surface area contributed by atoms with Crippen molar-refractivity contribution in [3.63, 3.8) is 0 Å². The monoisotopic (exact) mass is 183 g/mol. The van der Waals surface area contributed by atoms with Crippen LogP contribution in [-0.2, 0) is 15.4 Å². The van der Waals surface area contributed by atoms with Crippen molar-refractivity contribution in [2.24, 2.45) is 0 Å². The molecule has 0 radical (unpaired) electrons. The first-order valence-corrected chi connectivity index (χ1v) is 4.72. The molecule has 0 saturated heterocycles. The molecule has 64 valence electrons. The van der Waals surface area contributed by atoms with Crippen molar-refractivity contribution in [3.8, 4) is 0 Å². The predicted molar refractivity (Wildman–Crippen MR) is 47.0 cm³/mol. The van der Waals surface area contributed by atoms with Crippen LogP contribution in [-0.4, -0.2) is 4.21 Å². The zero-order valence-corrected chi connectivity index (χ0v) is 7.70. The van der Waals surface area contributed by atoms with Crippen LogP contribution in [0.2, 0.25) is 0 Å². The quantitative estimate of drug-likeness (QED) is 0.665. The van der Waals surface area contributed by atoms with Crippen molar-refractivity contribution < 1.29 is 8.49 Å². The molecule has 1 aliphatic rings. The van der Waals surface area contributed by atoms with Crippen molar-refractivity contribution in [3.05, 3.63) is 23.3 Å². The lowest BCUT2D eigenvalue weighted by Crippen LogP contribution is -1.90. The van der Waals surface area contributed by atoms with E-state index in [1.54, 1.807) is 0 Å². The number of rotatable bonds is 0. The largest absolute Gasteiger partial charge is 0.250 e. The first-order valence-electron chi connectivity index (χ1n) is 3.65. The molecule has 0 spiro atoms. The number of hydrogen-bond donors (Lipinski definition) is 1. The number of hydrogen-bond acceptors (Lipinski definition) is 3. The van der Waals surface area contributed by atoms with Crippen molar-refractivity contribution in [1.29, 1.82) is 0 Å². The first-order chi connectivity index (χ1) is 5.68. The van der Waals surface area contributed by atoms with Crippen LogP contribution in [0.25, 0.3) is 0 Å². The summed E-state index contributed by atoms with van der Waals surface area (Å²) in [5.74, 6) is 0. The smallest absolute Gasteiger partial charge is 0.214 e. The van der Waals surface area contributed by atoms with Crippen molar-refractivity contribution in [2.45, 2.75) is 18.7 Å². The van der Waals surface area contributed by atoms with Crippen LogP contribution in [0.1, 0.15) is 11.1 Å². The Kier molecular flexibility index (Phi) is 1.66. The Morgan fingerprint density at radius 3 is 2.92 bits per heavy atom. The molecule has 3 nitrogen and oxygen atoms in total. The fourth-order valence-electron chi connectivity index (χ4n) is 1.38. The van der Waals surface area contributed by atoms with Gasteiger partial charge in [-0.2, -0.15) is 4.28 Å². The normalized spacial score (nSPS) is 20.3. The van der Waals surface area contributed by atoms with Crippen molar-refractivity contribution in [1.82, 2.24) is 0 Å². The van der Waals surface area contributed by atoms with Crippen LogP contribution in [0.3, 0.4) is 0 Å². The van der Waals surface area contributed by atoms with Gasteiger partial charge in [-0.1, -0.05) is 6.07 Å². The predicted octanol–water partition coefficient (Wildman–Crippen LogP) is 1.68. The molecule has 0 bridgehead atoms. The maximum Gasteiger partial charge on any atom is 0.214 e. The molecule has 1 heterocycles. The van der Waals surface area contributed by atoms with Crippen molar-refractivity contribution >= 4 is 16.8 Å². The Morgan fingerprint density at radius 1 is 1.42 bits per heavy atom. The maximum atomic E-state index is 11.2. The van der Waals surface area contributed by atoms with E-state index in [4.69, 9.17) is 4.28 Å². The second-order valence-electron chi connectivity index (χ2n) is 2.88. The van der Waals surface area contributed by atoms with Gasteiger partial charge in [0.05, 0.1) is 10.6 Å². The second kappa shape index (κ2) is 2.57. The molecule has 4 heteroatoms. The minimum Gasteiger partial charge on any atom is -0.250 e. The fourth-order valence-corrected chi connectivity index (χ4v) is 2.23.